The van der Waals surface area contributed by atoms with Crippen molar-refractivity contribution >= 4 is 22.9 Å². The largest absolute Gasteiger partial charge is 0.348 e. The van der Waals surface area contributed by atoms with E-state index in [1.807, 2.05) is 22.9 Å². The molecule has 0 spiro atoms. The molecule has 0 N–H and O–H groups in total. The van der Waals surface area contributed by atoms with Crippen LogP contribution in [0.3, 0.4) is 0 Å². The quantitative estimate of drug-likeness (QED) is 0.617. The highest BCUT2D eigenvalue weighted by Gasteiger charge is 2.02. The number of unbranched alkanes of at least 4 members (excludes halogenated alkanes) is 1. The summed E-state index contributed by atoms with van der Waals surface area (Å²) in [6.07, 6.45) is 3.62. The molecular weight excluding hydrogens is 256 g/mol. The van der Waals surface area contributed by atoms with Crippen molar-refractivity contribution in [2.24, 2.45) is 0 Å². The Morgan fingerprint density at radius 1 is 1.35 bits per heavy atom. The summed E-state index contributed by atoms with van der Waals surface area (Å²) in [5.74, 6) is 0.634. The van der Waals surface area contributed by atoms with Crippen LogP contribution in [0.15, 0.2) is 33.9 Å². The smallest absolute Gasteiger partial charge is 0.299 e. The highest BCUT2D eigenvalue weighted by atomic mass is 35.5. The molecule has 0 aliphatic heterocycles. The first-order valence-electron chi connectivity index (χ1n) is 5.47. The van der Waals surface area contributed by atoms with Crippen molar-refractivity contribution in [3.63, 3.8) is 0 Å². The van der Waals surface area contributed by atoms with Gasteiger partial charge in [-0.2, -0.15) is 16.3 Å². The van der Waals surface area contributed by atoms with Gasteiger partial charge in [0, 0.05) is 29.6 Å². The lowest BCUT2D eigenvalue weighted by Gasteiger charge is -2.04. The predicted octanol–water partition coefficient (Wildman–Crippen LogP) is 2.99. The van der Waals surface area contributed by atoms with E-state index in [1.165, 1.54) is 0 Å². The predicted molar refractivity (Wildman–Crippen MR) is 71.8 cm³/mol. The maximum atomic E-state index is 11.8. The van der Waals surface area contributed by atoms with E-state index in [0.717, 1.165) is 24.1 Å². The zero-order chi connectivity index (χ0) is 12.1. The Labute approximate surface area is 109 Å². The second kappa shape index (κ2) is 5.98. The first kappa shape index (κ1) is 12.3. The number of thiophene rings is 1. The molecule has 2 heterocycles. The zero-order valence-corrected chi connectivity index (χ0v) is 10.9. The van der Waals surface area contributed by atoms with Crippen molar-refractivity contribution in [2.45, 2.75) is 19.4 Å². The van der Waals surface area contributed by atoms with Crippen LogP contribution in [0.25, 0.3) is 11.3 Å². The number of rotatable bonds is 5. The molecule has 0 atom stereocenters. The van der Waals surface area contributed by atoms with Crippen molar-refractivity contribution in [2.75, 3.05) is 5.88 Å². The Morgan fingerprint density at radius 3 is 2.88 bits per heavy atom. The van der Waals surface area contributed by atoms with E-state index in [4.69, 9.17) is 11.6 Å². The van der Waals surface area contributed by atoms with Crippen molar-refractivity contribution in [3.05, 3.63) is 39.6 Å². The van der Waals surface area contributed by atoms with Crippen LogP contribution in [-0.4, -0.2) is 15.4 Å². The molecule has 0 radical (unpaired) electrons. The summed E-state index contributed by atoms with van der Waals surface area (Å²) in [4.78, 5) is 15.8. The maximum Gasteiger partial charge on any atom is 0.348 e. The van der Waals surface area contributed by atoms with Gasteiger partial charge in [0.2, 0.25) is 0 Å². The minimum absolute atomic E-state index is 0.191. The van der Waals surface area contributed by atoms with Crippen LogP contribution in [0.5, 0.6) is 0 Å². The van der Waals surface area contributed by atoms with E-state index in [-0.39, 0.29) is 5.69 Å². The fourth-order valence-electron chi connectivity index (χ4n) is 1.55. The second-order valence-corrected chi connectivity index (χ2v) is 4.85. The Balaban J connectivity index is 2.15. The topological polar surface area (TPSA) is 34.9 Å². The number of aryl methyl sites for hydroxylation is 1. The summed E-state index contributed by atoms with van der Waals surface area (Å²) in [7, 11) is 0. The molecule has 0 aliphatic carbocycles. The molecular formula is C12H13ClN2OS. The van der Waals surface area contributed by atoms with Crippen molar-refractivity contribution in [1.82, 2.24) is 9.55 Å². The van der Waals surface area contributed by atoms with E-state index in [2.05, 4.69) is 4.98 Å². The normalized spacial score (nSPS) is 10.6. The molecule has 0 saturated carbocycles. The third-order valence-electron chi connectivity index (χ3n) is 2.47. The highest BCUT2D eigenvalue weighted by molar-refractivity contribution is 7.08. The third kappa shape index (κ3) is 3.17. The van der Waals surface area contributed by atoms with Crippen LogP contribution >= 0.6 is 22.9 Å². The van der Waals surface area contributed by atoms with Crippen molar-refractivity contribution in [1.29, 1.82) is 0 Å². The minimum Gasteiger partial charge on any atom is -0.299 e. The lowest BCUT2D eigenvalue weighted by Crippen LogP contribution is -2.22. The summed E-state index contributed by atoms with van der Waals surface area (Å²) >= 11 is 7.20. The molecule has 2 aromatic rings. The Morgan fingerprint density at radius 2 is 2.24 bits per heavy atom. The van der Waals surface area contributed by atoms with Gasteiger partial charge in [0.15, 0.2) is 0 Å². The minimum atomic E-state index is -0.191. The molecule has 0 aliphatic rings. The molecule has 0 amide bonds. The van der Waals surface area contributed by atoms with Gasteiger partial charge in [0.25, 0.3) is 0 Å². The molecule has 2 rings (SSSR count). The van der Waals surface area contributed by atoms with Gasteiger partial charge in [0.05, 0.1) is 5.69 Å². The molecule has 0 bridgehead atoms. The standard InChI is InChI=1S/C12H13ClN2OS/c13-5-1-2-6-15-7-3-11(14-12(15)16)10-4-8-17-9-10/h3-4,7-9H,1-2,5-6H2. The number of hydrogen-bond acceptors (Lipinski definition) is 3. The van der Waals surface area contributed by atoms with Crippen LogP contribution in [0, 0.1) is 0 Å². The monoisotopic (exact) mass is 268 g/mol. The number of aromatic nitrogens is 2. The van der Waals surface area contributed by atoms with Crippen molar-refractivity contribution < 1.29 is 0 Å². The second-order valence-electron chi connectivity index (χ2n) is 3.70. The highest BCUT2D eigenvalue weighted by Crippen LogP contribution is 2.18. The van der Waals surface area contributed by atoms with E-state index in [9.17, 15) is 4.79 Å². The average Bonchev–Trinajstić information content (AvgIpc) is 2.85. The first-order chi connectivity index (χ1) is 8.31. The van der Waals surface area contributed by atoms with Gasteiger partial charge in [-0.1, -0.05) is 0 Å². The van der Waals surface area contributed by atoms with Crippen LogP contribution in [0.1, 0.15) is 12.8 Å². The molecule has 0 fully saturated rings. The number of nitrogens with zero attached hydrogens (tertiary/aromatic N) is 2. The summed E-state index contributed by atoms with van der Waals surface area (Å²) in [6.45, 7) is 0.683. The molecule has 17 heavy (non-hydrogen) atoms. The Hall–Kier alpha value is -1.13. The average molecular weight is 269 g/mol. The van der Waals surface area contributed by atoms with Crippen LogP contribution in [0.4, 0.5) is 0 Å². The van der Waals surface area contributed by atoms with Crippen LogP contribution < -0.4 is 5.69 Å². The molecule has 0 unspecified atom stereocenters. The van der Waals surface area contributed by atoms with Gasteiger partial charge in [-0.05, 0) is 30.4 Å². The van der Waals surface area contributed by atoms with Gasteiger partial charge in [0.1, 0.15) is 0 Å². The molecule has 0 aromatic carbocycles. The lowest BCUT2D eigenvalue weighted by atomic mass is 10.2. The molecule has 0 saturated heterocycles. The van der Waals surface area contributed by atoms with Gasteiger partial charge in [-0.15, -0.1) is 11.6 Å². The van der Waals surface area contributed by atoms with Crippen LogP contribution in [-0.2, 0) is 6.54 Å². The molecule has 5 heteroatoms. The van der Waals surface area contributed by atoms with Gasteiger partial charge in [-0.25, -0.2) is 4.79 Å². The van der Waals surface area contributed by atoms with Crippen molar-refractivity contribution in [3.8, 4) is 11.3 Å². The van der Waals surface area contributed by atoms with E-state index >= 15 is 0 Å². The first-order valence-corrected chi connectivity index (χ1v) is 6.95. The number of alkyl halides is 1. The molecule has 90 valence electrons. The fourth-order valence-corrected chi connectivity index (χ4v) is 2.39. The van der Waals surface area contributed by atoms with E-state index < -0.39 is 0 Å². The summed E-state index contributed by atoms with van der Waals surface area (Å²) in [5, 5.41) is 3.96. The van der Waals surface area contributed by atoms with E-state index in [1.54, 1.807) is 22.1 Å². The van der Waals surface area contributed by atoms with Crippen LogP contribution in [0.2, 0.25) is 0 Å². The summed E-state index contributed by atoms with van der Waals surface area (Å²) in [6, 6.07) is 3.84. The number of halogens is 1. The van der Waals surface area contributed by atoms with E-state index in [0.29, 0.717) is 12.4 Å². The zero-order valence-electron chi connectivity index (χ0n) is 9.30. The lowest BCUT2D eigenvalue weighted by molar-refractivity contribution is 0.601. The van der Waals surface area contributed by atoms with Gasteiger partial charge < -0.3 is 0 Å². The molecule has 3 nitrogen and oxygen atoms in total. The van der Waals surface area contributed by atoms with Gasteiger partial charge in [-0.3, -0.25) is 4.57 Å². The third-order valence-corrected chi connectivity index (χ3v) is 3.42. The molecule has 2 aromatic heterocycles. The SMILES string of the molecule is O=c1nc(-c2ccsc2)ccn1CCCCCl. The maximum absolute atomic E-state index is 11.8. The Kier molecular flexibility index (Phi) is 4.34. The summed E-state index contributed by atoms with van der Waals surface area (Å²) < 4.78 is 1.63. The Bertz CT molecular complexity index is 522. The fraction of sp³-hybridized carbons (Fsp3) is 0.333. The summed E-state index contributed by atoms with van der Waals surface area (Å²) in [5.41, 5.74) is 1.55. The van der Waals surface area contributed by atoms with Gasteiger partial charge >= 0.3 is 5.69 Å². The number of hydrogen-bond donors (Lipinski definition) is 0.